The molecule has 0 bridgehead atoms. The van der Waals surface area contributed by atoms with E-state index in [9.17, 15) is 0 Å². The van der Waals surface area contributed by atoms with Crippen LogP contribution in [0.4, 0.5) is 11.4 Å². The number of para-hydroxylation sites is 1. The third-order valence-electron chi connectivity index (χ3n) is 10.1. The van der Waals surface area contributed by atoms with E-state index < -0.39 is 0 Å². The minimum absolute atomic E-state index is 1.01. The summed E-state index contributed by atoms with van der Waals surface area (Å²) in [7, 11) is 0. The lowest BCUT2D eigenvalue weighted by Crippen LogP contribution is -2.14. The van der Waals surface area contributed by atoms with Crippen LogP contribution in [0, 0.1) is 13.8 Å². The fourth-order valence-corrected chi connectivity index (χ4v) is 7.16. The van der Waals surface area contributed by atoms with E-state index in [2.05, 4.69) is 76.2 Å². The zero-order valence-electron chi connectivity index (χ0n) is 33.0. The average molecular weight is 671 g/mol. The van der Waals surface area contributed by atoms with Crippen LogP contribution in [0.15, 0.2) is 58.5 Å². The molecule has 2 nitrogen and oxygen atoms in total. The predicted octanol–water partition coefficient (Wildman–Crippen LogP) is 16.5. The molecule has 0 aromatic heterocycles. The lowest BCUT2D eigenvalue weighted by molar-refractivity contribution is 0.517. The van der Waals surface area contributed by atoms with Crippen LogP contribution in [0.1, 0.15) is 211 Å². The average Bonchev–Trinajstić information content (AvgIpc) is 3.09. The van der Waals surface area contributed by atoms with Crippen LogP contribution in [0.25, 0.3) is 0 Å². The number of benzene rings is 2. The quantitative estimate of drug-likeness (QED) is 0.0547. The van der Waals surface area contributed by atoms with Crippen molar-refractivity contribution < 1.29 is 0 Å². The Balaban J connectivity index is 1.57. The van der Waals surface area contributed by atoms with Crippen LogP contribution in [0.2, 0.25) is 0 Å². The molecular weight excluding hydrogens is 593 g/mol. The van der Waals surface area contributed by atoms with Crippen molar-refractivity contribution in [2.45, 2.75) is 214 Å². The highest BCUT2D eigenvalue weighted by Gasteiger charge is 2.11. The molecule has 0 amide bonds. The Labute approximate surface area is 305 Å². The molecule has 49 heavy (non-hydrogen) atoms. The summed E-state index contributed by atoms with van der Waals surface area (Å²) in [5.41, 5.74) is 7.06. The van der Waals surface area contributed by atoms with E-state index in [0.717, 1.165) is 24.2 Å². The number of nitrogens with zero attached hydrogens (tertiary/aromatic N) is 2. The first-order valence-corrected chi connectivity index (χ1v) is 21.4. The van der Waals surface area contributed by atoms with E-state index in [1.165, 1.54) is 196 Å². The van der Waals surface area contributed by atoms with E-state index in [4.69, 9.17) is 9.98 Å². The molecule has 0 fully saturated rings. The minimum atomic E-state index is 1.01. The van der Waals surface area contributed by atoms with Crippen molar-refractivity contribution in [2.24, 2.45) is 9.98 Å². The molecule has 0 unspecified atom stereocenters. The van der Waals surface area contributed by atoms with Crippen molar-refractivity contribution in [3.63, 3.8) is 0 Å². The van der Waals surface area contributed by atoms with Gasteiger partial charge in [0.05, 0.1) is 22.8 Å². The van der Waals surface area contributed by atoms with Gasteiger partial charge >= 0.3 is 0 Å². The van der Waals surface area contributed by atoms with Crippen LogP contribution in [0.5, 0.6) is 0 Å². The Morgan fingerprint density at radius 2 is 0.673 bits per heavy atom. The summed E-state index contributed by atoms with van der Waals surface area (Å²) in [6, 6.07) is 17.2. The molecule has 0 spiro atoms. The highest BCUT2D eigenvalue weighted by Crippen LogP contribution is 2.22. The smallest absolute Gasteiger partial charge is 0.0639 e. The SMILES string of the molecule is CCCCCCCCCCCCCCCCCCCCCCCCCCC(=Nc1ccccc1)C(CCCCC)=Nc1cc(C)cc(C)c1. The van der Waals surface area contributed by atoms with Crippen molar-refractivity contribution in [1.29, 1.82) is 0 Å². The Morgan fingerprint density at radius 3 is 1.06 bits per heavy atom. The maximum Gasteiger partial charge on any atom is 0.0639 e. The topological polar surface area (TPSA) is 24.7 Å². The summed E-state index contributed by atoms with van der Waals surface area (Å²) in [4.78, 5) is 10.4. The summed E-state index contributed by atoms with van der Waals surface area (Å²) >= 11 is 0. The van der Waals surface area contributed by atoms with E-state index in [-0.39, 0.29) is 0 Å². The van der Waals surface area contributed by atoms with E-state index in [1.807, 2.05) is 0 Å². The van der Waals surface area contributed by atoms with Gasteiger partial charge in [0, 0.05) is 0 Å². The van der Waals surface area contributed by atoms with Gasteiger partial charge in [0.2, 0.25) is 0 Å². The lowest BCUT2D eigenvalue weighted by atomic mass is 10.00. The number of hydrogen-bond acceptors (Lipinski definition) is 2. The lowest BCUT2D eigenvalue weighted by Gasteiger charge is -2.12. The van der Waals surface area contributed by atoms with Gasteiger partial charge in [0.1, 0.15) is 0 Å². The first-order valence-electron chi connectivity index (χ1n) is 21.4. The number of aliphatic imine (C=N–C) groups is 2. The van der Waals surface area contributed by atoms with Crippen molar-refractivity contribution in [3.05, 3.63) is 59.7 Å². The van der Waals surface area contributed by atoms with Crippen LogP contribution in [-0.2, 0) is 0 Å². The molecule has 0 atom stereocenters. The van der Waals surface area contributed by atoms with Crippen molar-refractivity contribution in [3.8, 4) is 0 Å². The molecule has 0 heterocycles. The molecule has 0 saturated heterocycles. The molecular formula is C47H78N2. The Morgan fingerprint density at radius 1 is 0.367 bits per heavy atom. The van der Waals surface area contributed by atoms with Gasteiger partial charge in [-0.1, -0.05) is 199 Å². The summed E-state index contributed by atoms with van der Waals surface area (Å²) in [6.45, 7) is 8.92. The van der Waals surface area contributed by atoms with E-state index in [0.29, 0.717) is 0 Å². The third kappa shape index (κ3) is 23.8. The zero-order chi connectivity index (χ0) is 35.0. The molecule has 0 aliphatic rings. The second-order valence-corrected chi connectivity index (χ2v) is 15.1. The standard InChI is InChI=1S/C47H78N2/c1-5-7-9-10-11-12-13-14-15-16-17-18-19-20-21-22-23-24-25-26-27-28-29-34-38-46(48-44-35-32-30-33-36-44)47(37-31-8-6-2)49-45-40-42(3)39-43(4)41-45/h30,32-33,35-36,39-41H,5-29,31,34,37-38H2,1-4H3. The van der Waals surface area contributed by atoms with Gasteiger partial charge < -0.3 is 0 Å². The summed E-state index contributed by atoms with van der Waals surface area (Å²) < 4.78 is 0. The van der Waals surface area contributed by atoms with Gasteiger partial charge in [-0.25, -0.2) is 0 Å². The van der Waals surface area contributed by atoms with Gasteiger partial charge in [0.15, 0.2) is 0 Å². The van der Waals surface area contributed by atoms with E-state index >= 15 is 0 Å². The van der Waals surface area contributed by atoms with E-state index in [1.54, 1.807) is 0 Å². The number of rotatable bonds is 32. The molecule has 0 N–H and O–H groups in total. The summed E-state index contributed by atoms with van der Waals surface area (Å²) in [5, 5.41) is 0. The summed E-state index contributed by atoms with van der Waals surface area (Å²) in [6.07, 6.45) is 39.9. The number of hydrogen-bond donors (Lipinski definition) is 0. The predicted molar refractivity (Wildman–Crippen MR) is 222 cm³/mol. The number of unbranched alkanes of at least 4 members (excludes halogenated alkanes) is 25. The highest BCUT2D eigenvalue weighted by molar-refractivity contribution is 6.43. The maximum absolute atomic E-state index is 5.25. The monoisotopic (exact) mass is 671 g/mol. The van der Waals surface area contributed by atoms with Gasteiger partial charge in [-0.3, -0.25) is 9.98 Å². The molecule has 276 valence electrons. The number of aryl methyl sites for hydroxylation is 2. The van der Waals surface area contributed by atoms with Gasteiger partial charge in [-0.2, -0.15) is 0 Å². The van der Waals surface area contributed by atoms with Crippen LogP contribution < -0.4 is 0 Å². The first kappa shape index (κ1) is 42.9. The Bertz CT molecular complexity index is 1080. The minimum Gasteiger partial charge on any atom is -0.252 e. The highest BCUT2D eigenvalue weighted by atomic mass is 14.8. The molecule has 2 heteroatoms. The zero-order valence-corrected chi connectivity index (χ0v) is 33.0. The molecule has 0 radical (unpaired) electrons. The first-order chi connectivity index (χ1) is 24.1. The molecule has 2 aromatic carbocycles. The van der Waals surface area contributed by atoms with Crippen LogP contribution in [-0.4, -0.2) is 11.4 Å². The van der Waals surface area contributed by atoms with Crippen LogP contribution in [0.3, 0.4) is 0 Å². The molecule has 2 aromatic rings. The van der Waals surface area contributed by atoms with Gasteiger partial charge in [-0.15, -0.1) is 0 Å². The fraction of sp³-hybridized carbons (Fsp3) is 0.702. The fourth-order valence-electron chi connectivity index (χ4n) is 7.16. The van der Waals surface area contributed by atoms with Gasteiger partial charge in [0.25, 0.3) is 0 Å². The molecule has 0 saturated carbocycles. The Kier molecular flexibility index (Phi) is 26.8. The maximum atomic E-state index is 5.25. The third-order valence-corrected chi connectivity index (χ3v) is 10.1. The molecule has 2 rings (SSSR count). The largest absolute Gasteiger partial charge is 0.252 e. The van der Waals surface area contributed by atoms with Crippen molar-refractivity contribution in [2.75, 3.05) is 0 Å². The van der Waals surface area contributed by atoms with Crippen molar-refractivity contribution in [1.82, 2.24) is 0 Å². The molecule has 0 aliphatic heterocycles. The Hall–Kier alpha value is -2.22. The van der Waals surface area contributed by atoms with Gasteiger partial charge in [-0.05, 0) is 74.9 Å². The normalized spacial score (nSPS) is 12.2. The second-order valence-electron chi connectivity index (χ2n) is 15.1. The second kappa shape index (κ2) is 30.6. The molecule has 0 aliphatic carbocycles. The summed E-state index contributed by atoms with van der Waals surface area (Å²) in [5.74, 6) is 0. The van der Waals surface area contributed by atoms with Crippen LogP contribution >= 0.6 is 0 Å². The van der Waals surface area contributed by atoms with Crippen molar-refractivity contribution >= 4 is 22.8 Å².